The number of nitrogens with one attached hydrogen (secondary N) is 2. The highest BCUT2D eigenvalue weighted by Gasteiger charge is 2.39. The molecule has 0 aliphatic heterocycles. The Balaban J connectivity index is 1.34. The molecule has 0 bridgehead atoms. The van der Waals surface area contributed by atoms with Gasteiger partial charge in [-0.1, -0.05) is 67.8 Å². The number of benzene rings is 2. The summed E-state index contributed by atoms with van der Waals surface area (Å²) in [7, 11) is 0. The van der Waals surface area contributed by atoms with Crippen LogP contribution in [0.3, 0.4) is 0 Å². The molecule has 0 atom stereocenters. The summed E-state index contributed by atoms with van der Waals surface area (Å²) in [5.74, 6) is -0.614. The fourth-order valence-corrected chi connectivity index (χ4v) is 5.08. The lowest BCUT2D eigenvalue weighted by atomic mass is 9.81. The number of ether oxygens (including phenoxy) is 1. The van der Waals surface area contributed by atoms with Gasteiger partial charge in [0, 0.05) is 5.92 Å². The second kappa shape index (κ2) is 8.15. The summed E-state index contributed by atoms with van der Waals surface area (Å²) in [6.45, 7) is 0.231. The average molecular weight is 431 g/mol. The second-order valence-corrected chi connectivity index (χ2v) is 8.54. The Kier molecular flexibility index (Phi) is 5.17. The molecule has 164 valence electrons. The topological polar surface area (TPSA) is 104 Å². The van der Waals surface area contributed by atoms with E-state index in [2.05, 4.69) is 39.6 Å². The summed E-state index contributed by atoms with van der Waals surface area (Å²) in [6, 6.07) is 16.4. The number of carbonyl (C=O) groups excluding carboxylic acids is 1. The van der Waals surface area contributed by atoms with Crippen molar-refractivity contribution in [3.8, 4) is 11.1 Å². The first-order valence-corrected chi connectivity index (χ1v) is 11.0. The fraction of sp³-hybridized carbons (Fsp3) is 0.320. The van der Waals surface area contributed by atoms with Crippen molar-refractivity contribution in [2.24, 2.45) is 0 Å². The summed E-state index contributed by atoms with van der Waals surface area (Å²) in [5, 5.41) is 12.3. The van der Waals surface area contributed by atoms with Gasteiger partial charge in [-0.25, -0.2) is 14.6 Å². The van der Waals surface area contributed by atoms with Crippen LogP contribution < -0.4 is 5.32 Å². The number of alkyl carbamates (subject to hydrolysis) is 1. The first-order chi connectivity index (χ1) is 15.6. The molecule has 2 aromatic carbocycles. The zero-order valence-electron chi connectivity index (χ0n) is 17.6. The summed E-state index contributed by atoms with van der Waals surface area (Å²) in [6.07, 6.45) is 5.07. The van der Waals surface area contributed by atoms with Crippen LogP contribution in [0, 0.1) is 0 Å². The van der Waals surface area contributed by atoms with Gasteiger partial charge in [-0.05, 0) is 35.1 Å². The van der Waals surface area contributed by atoms with E-state index in [-0.39, 0.29) is 18.2 Å². The molecular formula is C25H25N3O4. The highest BCUT2D eigenvalue weighted by molar-refractivity contribution is 5.85. The minimum absolute atomic E-state index is 0.0132. The van der Waals surface area contributed by atoms with Gasteiger partial charge < -0.3 is 20.1 Å². The number of nitrogens with zero attached hydrogens (tertiary/aromatic N) is 1. The molecule has 7 heteroatoms. The van der Waals surface area contributed by atoms with Gasteiger partial charge in [0.15, 0.2) is 0 Å². The molecule has 1 saturated carbocycles. The van der Waals surface area contributed by atoms with Crippen LogP contribution >= 0.6 is 0 Å². The number of rotatable bonds is 5. The van der Waals surface area contributed by atoms with Crippen molar-refractivity contribution in [2.75, 3.05) is 6.61 Å². The van der Waals surface area contributed by atoms with E-state index in [0.717, 1.165) is 30.4 Å². The van der Waals surface area contributed by atoms with Crippen molar-refractivity contribution in [1.29, 1.82) is 0 Å². The highest BCUT2D eigenvalue weighted by atomic mass is 16.5. The number of aromatic nitrogens is 2. The molecule has 1 heterocycles. The summed E-state index contributed by atoms with van der Waals surface area (Å²) >= 11 is 0. The third-order valence-electron chi connectivity index (χ3n) is 6.65. The molecule has 3 N–H and O–H groups in total. The monoisotopic (exact) mass is 431 g/mol. The number of carboxylic acid groups (broad SMARTS) is 1. The Hall–Kier alpha value is -3.61. The van der Waals surface area contributed by atoms with Crippen LogP contribution in [0.4, 0.5) is 4.79 Å². The summed E-state index contributed by atoms with van der Waals surface area (Å²) < 4.78 is 5.74. The molecule has 1 aromatic heterocycles. The Morgan fingerprint density at radius 3 is 2.25 bits per heavy atom. The van der Waals surface area contributed by atoms with Gasteiger partial charge in [0.25, 0.3) is 0 Å². The molecule has 2 aliphatic carbocycles. The zero-order valence-corrected chi connectivity index (χ0v) is 17.6. The third-order valence-corrected chi connectivity index (χ3v) is 6.65. The fourth-order valence-electron chi connectivity index (χ4n) is 5.08. The maximum absolute atomic E-state index is 12.9. The van der Waals surface area contributed by atoms with Crippen LogP contribution in [0.25, 0.3) is 11.1 Å². The average Bonchev–Trinajstić information content (AvgIpc) is 3.43. The number of carboxylic acids is 1. The number of hydrogen-bond acceptors (Lipinski definition) is 4. The predicted molar refractivity (Wildman–Crippen MR) is 119 cm³/mol. The molecule has 0 radical (unpaired) electrons. The second-order valence-electron chi connectivity index (χ2n) is 8.54. The van der Waals surface area contributed by atoms with Crippen LogP contribution in [0.15, 0.2) is 54.7 Å². The van der Waals surface area contributed by atoms with E-state index in [1.54, 1.807) is 0 Å². The van der Waals surface area contributed by atoms with Crippen LogP contribution in [-0.2, 0) is 10.3 Å². The molecule has 0 unspecified atom stereocenters. The van der Waals surface area contributed by atoms with Crippen LogP contribution in [0.2, 0.25) is 0 Å². The van der Waals surface area contributed by atoms with E-state index in [4.69, 9.17) is 4.74 Å². The Morgan fingerprint density at radius 2 is 1.66 bits per heavy atom. The lowest BCUT2D eigenvalue weighted by Gasteiger charge is -2.36. The molecule has 32 heavy (non-hydrogen) atoms. The maximum Gasteiger partial charge on any atom is 0.407 e. The lowest BCUT2D eigenvalue weighted by Crippen LogP contribution is -2.48. The van der Waals surface area contributed by atoms with Gasteiger partial charge in [-0.2, -0.15) is 0 Å². The normalized spacial score (nSPS) is 16.8. The number of carbonyl (C=O) groups is 2. The number of amides is 1. The van der Waals surface area contributed by atoms with Crippen LogP contribution in [-0.4, -0.2) is 33.7 Å². The molecule has 2 aliphatic rings. The van der Waals surface area contributed by atoms with Crippen molar-refractivity contribution in [1.82, 2.24) is 15.3 Å². The molecular weight excluding hydrogens is 406 g/mol. The molecule has 3 aromatic rings. The minimum Gasteiger partial charge on any atom is -0.477 e. The minimum atomic E-state index is -1.07. The van der Waals surface area contributed by atoms with Gasteiger partial charge in [0.2, 0.25) is 0 Å². The van der Waals surface area contributed by atoms with Gasteiger partial charge in [-0.3, -0.25) is 0 Å². The van der Waals surface area contributed by atoms with Crippen molar-refractivity contribution < 1.29 is 19.4 Å². The van der Waals surface area contributed by atoms with E-state index in [0.29, 0.717) is 18.7 Å². The number of imidazole rings is 1. The molecule has 5 rings (SSSR count). The Morgan fingerprint density at radius 1 is 1.03 bits per heavy atom. The maximum atomic E-state index is 12.9. The number of aromatic amines is 1. The number of aromatic carboxylic acids is 1. The van der Waals surface area contributed by atoms with Crippen LogP contribution in [0.1, 0.15) is 65.5 Å². The molecule has 1 fully saturated rings. The van der Waals surface area contributed by atoms with Gasteiger partial charge in [0.1, 0.15) is 23.7 Å². The van der Waals surface area contributed by atoms with E-state index >= 15 is 0 Å². The number of hydrogen-bond donors (Lipinski definition) is 3. The first-order valence-electron chi connectivity index (χ1n) is 11.0. The molecule has 0 saturated heterocycles. The van der Waals surface area contributed by atoms with Crippen molar-refractivity contribution in [2.45, 2.75) is 43.6 Å². The Bertz CT molecular complexity index is 1120. The number of H-pyrrole nitrogens is 1. The van der Waals surface area contributed by atoms with Crippen molar-refractivity contribution in [3.63, 3.8) is 0 Å². The van der Waals surface area contributed by atoms with Crippen LogP contribution in [0.5, 0.6) is 0 Å². The smallest absolute Gasteiger partial charge is 0.407 e. The lowest BCUT2D eigenvalue weighted by molar-refractivity contribution is 0.0690. The molecule has 1 amide bonds. The van der Waals surface area contributed by atoms with Gasteiger partial charge in [-0.15, -0.1) is 0 Å². The van der Waals surface area contributed by atoms with E-state index in [1.807, 2.05) is 24.3 Å². The van der Waals surface area contributed by atoms with Crippen molar-refractivity contribution in [3.05, 3.63) is 77.4 Å². The standard InChI is InChI=1S/C25H25N3O4/c29-22(30)21-14-26-23(27-21)25(12-6-1-7-13-25)28-24(31)32-15-20-18-10-4-2-8-16(18)17-9-3-5-11-19(17)20/h2-5,8-11,14,20H,1,6-7,12-13,15H2,(H,26,27)(H,28,31)(H,29,30). The first kappa shape index (κ1) is 20.3. The van der Waals surface area contributed by atoms with Gasteiger partial charge >= 0.3 is 12.1 Å². The largest absolute Gasteiger partial charge is 0.477 e. The highest BCUT2D eigenvalue weighted by Crippen LogP contribution is 2.44. The quantitative estimate of drug-likeness (QED) is 0.538. The van der Waals surface area contributed by atoms with E-state index in [1.165, 1.54) is 17.3 Å². The summed E-state index contributed by atoms with van der Waals surface area (Å²) in [4.78, 5) is 31.4. The predicted octanol–water partition coefficient (Wildman–Crippen LogP) is 4.81. The third kappa shape index (κ3) is 3.53. The molecule has 7 nitrogen and oxygen atoms in total. The van der Waals surface area contributed by atoms with Gasteiger partial charge in [0.05, 0.1) is 6.20 Å². The van der Waals surface area contributed by atoms with Crippen molar-refractivity contribution >= 4 is 12.1 Å². The summed E-state index contributed by atoms with van der Waals surface area (Å²) in [5.41, 5.74) is 3.95. The SMILES string of the molecule is O=C(NC1(c2ncc(C(=O)O)[nH]2)CCCCC1)OCC1c2ccccc2-c2ccccc21. The van der Waals surface area contributed by atoms with E-state index < -0.39 is 17.6 Å². The Labute approximate surface area is 185 Å². The zero-order chi connectivity index (χ0) is 22.1. The van der Waals surface area contributed by atoms with E-state index in [9.17, 15) is 14.7 Å². The molecule has 0 spiro atoms. The number of fused-ring (bicyclic) bond motifs is 3.